The summed E-state index contributed by atoms with van der Waals surface area (Å²) in [6, 6.07) is 4.93. The van der Waals surface area contributed by atoms with Gasteiger partial charge in [0.25, 0.3) is 5.91 Å². The third-order valence-corrected chi connectivity index (χ3v) is 12.9. The Morgan fingerprint density at radius 2 is 1.55 bits per heavy atom. The lowest BCUT2D eigenvalue weighted by molar-refractivity contribution is -0.154. The van der Waals surface area contributed by atoms with E-state index in [4.69, 9.17) is 16.2 Å². The predicted molar refractivity (Wildman–Crippen MR) is 271 cm³/mol. The van der Waals surface area contributed by atoms with Crippen LogP contribution in [-0.4, -0.2) is 152 Å². The van der Waals surface area contributed by atoms with Crippen LogP contribution in [0.5, 0.6) is 5.75 Å². The number of thioether (sulfide) groups is 1. The van der Waals surface area contributed by atoms with Crippen LogP contribution in [0.2, 0.25) is 0 Å². The zero-order valence-corrected chi connectivity index (χ0v) is 41.9. The van der Waals surface area contributed by atoms with Crippen LogP contribution in [0.15, 0.2) is 85.6 Å². The molecule has 3 heterocycles. The van der Waals surface area contributed by atoms with E-state index in [0.29, 0.717) is 16.7 Å². The van der Waals surface area contributed by atoms with Crippen LogP contribution >= 0.6 is 11.8 Å². The molecule has 4 atom stereocenters. The molecule has 1 saturated heterocycles. The van der Waals surface area contributed by atoms with Crippen LogP contribution in [0.4, 0.5) is 21.0 Å². The predicted octanol–water partition coefficient (Wildman–Crippen LogP) is 1.20. The normalized spacial score (nSPS) is 17.0. The molecule has 0 aliphatic carbocycles. The van der Waals surface area contributed by atoms with Gasteiger partial charge in [-0.2, -0.15) is 11.8 Å². The SMILES string of the molecule is C=CC(=O)N1CN(C(=O)C=C)CN(C(=O)CCSCC(=O)N[C@H](C(=O)N[C@@H](CCCNC(N)=O)C(=O)Nc2ccc(COC(=O)N3c4c(ccc(C)c4O)C(=O)N4C=C(/C=C/C(N)=O)CC4C3O)cc2)C(C)C)C1. The van der Waals surface area contributed by atoms with E-state index < -0.39 is 89.5 Å². The molecule has 74 heavy (non-hydrogen) atoms. The molecule has 2 aromatic rings. The van der Waals surface area contributed by atoms with Gasteiger partial charge < -0.3 is 67.3 Å². The maximum absolute atomic E-state index is 13.8. The van der Waals surface area contributed by atoms with Crippen LogP contribution in [-0.2, 0) is 44.9 Å². The number of phenols is 1. The quantitative estimate of drug-likeness (QED) is 0.0644. The maximum Gasteiger partial charge on any atom is 0.416 e. The number of anilines is 2. The zero-order valence-electron chi connectivity index (χ0n) is 41.1. The summed E-state index contributed by atoms with van der Waals surface area (Å²) in [5.41, 5.74) is 11.6. The number of urea groups is 1. The van der Waals surface area contributed by atoms with Crippen molar-refractivity contribution in [3.05, 3.63) is 102 Å². The number of nitrogens with one attached hydrogen (secondary N) is 4. The first-order valence-electron chi connectivity index (χ1n) is 23.3. The molecule has 3 aliphatic heterocycles. The summed E-state index contributed by atoms with van der Waals surface area (Å²) in [5.74, 6) is -5.26. The van der Waals surface area contributed by atoms with Crippen molar-refractivity contribution in [1.82, 2.24) is 35.6 Å². The van der Waals surface area contributed by atoms with Crippen LogP contribution < -0.4 is 37.6 Å². The number of aliphatic hydroxyl groups is 1. The number of primary amides is 2. The fourth-order valence-electron chi connectivity index (χ4n) is 8.02. The van der Waals surface area contributed by atoms with E-state index in [1.807, 2.05) is 0 Å². The van der Waals surface area contributed by atoms with E-state index in [0.717, 1.165) is 34.9 Å². The maximum atomic E-state index is 13.8. The van der Waals surface area contributed by atoms with Gasteiger partial charge in [0.1, 0.15) is 30.1 Å². The molecule has 5 rings (SSSR count). The van der Waals surface area contributed by atoms with Crippen molar-refractivity contribution in [2.45, 2.75) is 77.4 Å². The number of hydrogen-bond acceptors (Lipinski definition) is 14. The summed E-state index contributed by atoms with van der Waals surface area (Å²) in [4.78, 5) is 135. The number of allylic oxidation sites excluding steroid dienone is 1. The average molecular weight is 1040 g/mol. The molecule has 10 N–H and O–H groups in total. The Bertz CT molecular complexity index is 2580. The largest absolute Gasteiger partial charge is 0.505 e. The highest BCUT2D eigenvalue weighted by molar-refractivity contribution is 7.99. The molecule has 24 nitrogen and oxygen atoms in total. The molecular formula is C49H61N11O13S. The molecule has 2 aromatic carbocycles. The minimum Gasteiger partial charge on any atom is -0.505 e. The Balaban J connectivity index is 1.18. The molecule has 0 aromatic heterocycles. The van der Waals surface area contributed by atoms with Gasteiger partial charge >= 0.3 is 12.1 Å². The number of nitrogens with two attached hydrogens (primary N) is 2. The van der Waals surface area contributed by atoms with Crippen molar-refractivity contribution in [1.29, 1.82) is 0 Å². The van der Waals surface area contributed by atoms with Gasteiger partial charge in [0, 0.05) is 36.7 Å². The van der Waals surface area contributed by atoms with Gasteiger partial charge in [-0.3, -0.25) is 38.4 Å². The van der Waals surface area contributed by atoms with E-state index >= 15 is 0 Å². The van der Waals surface area contributed by atoms with Crippen molar-refractivity contribution in [3.8, 4) is 5.75 Å². The standard InChI is InChI=1S/C49H61N11O13S/c1-6-38(63)56-25-57(39(64)7-2)27-58(26-56)40(65)18-20-74-24-37(62)55-41(28(3)4)45(68)54-34(9-8-19-52-48(51)71)44(67)53-32-14-11-30(12-15-32)23-73-49(72)60-42-33(16-10-29(5)43(42)66)46(69)59-22-31(13-17-36(50)61)21-35(59)47(60)70/h6-7,10-17,22,28,34-35,41,47,66,70H,1-2,8-9,18-21,23-27H2,3-5H3,(H2,50,61)(H,53,67)(H,54,68)(H,55,62)(H3,51,52,71)/b17-13+/t34-,35?,41-,47?/m0/s1. The topological polar surface area (TPSA) is 337 Å². The van der Waals surface area contributed by atoms with Crippen molar-refractivity contribution >= 4 is 82.5 Å². The second-order valence-corrected chi connectivity index (χ2v) is 18.8. The molecule has 0 spiro atoms. The number of hydrogen-bond donors (Lipinski definition) is 8. The number of aliphatic hydroxyl groups excluding tert-OH is 1. The number of carbonyl (C=O) groups is 10. The van der Waals surface area contributed by atoms with Crippen LogP contribution in [0.3, 0.4) is 0 Å². The first-order valence-corrected chi connectivity index (χ1v) is 24.5. The van der Waals surface area contributed by atoms with Crippen LogP contribution in [0, 0.1) is 12.8 Å². The lowest BCUT2D eigenvalue weighted by atomic mass is 10.0. The smallest absolute Gasteiger partial charge is 0.416 e. The summed E-state index contributed by atoms with van der Waals surface area (Å²) >= 11 is 1.13. The summed E-state index contributed by atoms with van der Waals surface area (Å²) in [7, 11) is 0. The first kappa shape index (κ1) is 56.7. The number of aromatic hydroxyl groups is 1. The molecule has 2 unspecified atom stereocenters. The van der Waals surface area contributed by atoms with Gasteiger partial charge in [0.05, 0.1) is 37.4 Å². The molecule has 0 saturated carbocycles. The Hall–Kier alpha value is -8.19. The van der Waals surface area contributed by atoms with Gasteiger partial charge in [-0.1, -0.05) is 51.3 Å². The Kier molecular flexibility index (Phi) is 19.9. The van der Waals surface area contributed by atoms with Crippen LogP contribution in [0.1, 0.15) is 61.0 Å². The second-order valence-electron chi connectivity index (χ2n) is 17.7. The number of nitrogens with zero attached hydrogens (tertiary/aromatic N) is 5. The third-order valence-electron chi connectivity index (χ3n) is 11.9. The Labute approximate surface area is 430 Å². The van der Waals surface area contributed by atoms with E-state index in [2.05, 4.69) is 34.4 Å². The number of carbonyl (C=O) groups excluding carboxylic acids is 10. The van der Waals surface area contributed by atoms with Crippen molar-refractivity contribution in [3.63, 3.8) is 0 Å². The van der Waals surface area contributed by atoms with E-state index in [1.54, 1.807) is 20.8 Å². The molecule has 11 amide bonds. The Morgan fingerprint density at radius 1 is 0.905 bits per heavy atom. The number of amides is 11. The van der Waals surface area contributed by atoms with Gasteiger partial charge in [-0.25, -0.2) is 14.5 Å². The fraction of sp³-hybridized carbons (Fsp3) is 0.388. The number of ether oxygens (including phenoxy) is 1. The Morgan fingerprint density at radius 3 is 2.16 bits per heavy atom. The highest BCUT2D eigenvalue weighted by Gasteiger charge is 2.46. The highest BCUT2D eigenvalue weighted by atomic mass is 32.2. The molecule has 25 heteroatoms. The van der Waals surface area contributed by atoms with E-state index in [-0.39, 0.29) is 93.2 Å². The zero-order chi connectivity index (χ0) is 54.4. The molecule has 396 valence electrons. The summed E-state index contributed by atoms with van der Waals surface area (Å²) in [6.07, 6.45) is 3.54. The number of fused-ring (bicyclic) bond motifs is 2. The molecule has 3 aliphatic rings. The lowest BCUT2D eigenvalue weighted by Gasteiger charge is -2.41. The van der Waals surface area contributed by atoms with E-state index in [1.165, 1.54) is 68.3 Å². The summed E-state index contributed by atoms with van der Waals surface area (Å²) in [5, 5.41) is 33.3. The molecular weight excluding hydrogens is 983 g/mol. The fourth-order valence-corrected chi connectivity index (χ4v) is 8.75. The number of rotatable bonds is 21. The molecule has 0 bridgehead atoms. The number of aryl methyl sites for hydroxylation is 1. The minimum atomic E-state index is -1.71. The van der Waals surface area contributed by atoms with Gasteiger partial charge in [0.2, 0.25) is 41.4 Å². The lowest BCUT2D eigenvalue weighted by Crippen LogP contribution is -2.59. The number of phenolic OH excluding ortho intramolecular Hbond substituents is 1. The third kappa shape index (κ3) is 14.7. The summed E-state index contributed by atoms with van der Waals surface area (Å²) in [6.45, 7) is 11.5. The first-order chi connectivity index (χ1) is 35.1. The van der Waals surface area contributed by atoms with Gasteiger partial charge in [-0.05, 0) is 79.2 Å². The van der Waals surface area contributed by atoms with Crippen LogP contribution in [0.25, 0.3) is 0 Å². The minimum absolute atomic E-state index is 0.0227. The van der Waals surface area contributed by atoms with Crippen molar-refractivity contribution in [2.75, 3.05) is 48.3 Å². The molecule has 0 radical (unpaired) electrons. The summed E-state index contributed by atoms with van der Waals surface area (Å²) < 4.78 is 5.61. The van der Waals surface area contributed by atoms with Crippen molar-refractivity contribution in [2.24, 2.45) is 17.4 Å². The highest BCUT2D eigenvalue weighted by Crippen LogP contribution is 2.42. The number of benzene rings is 2. The van der Waals surface area contributed by atoms with Gasteiger partial charge in [0.15, 0.2) is 6.23 Å². The average Bonchev–Trinajstić information content (AvgIpc) is 3.78. The monoisotopic (exact) mass is 1040 g/mol. The van der Waals surface area contributed by atoms with Gasteiger partial charge in [-0.15, -0.1) is 0 Å². The van der Waals surface area contributed by atoms with E-state index in [9.17, 15) is 58.2 Å². The second kappa shape index (κ2) is 26.0. The van der Waals surface area contributed by atoms with Crippen molar-refractivity contribution < 1.29 is 62.9 Å². The molecule has 1 fully saturated rings.